The largest absolute Gasteiger partial charge is 0.347 e. The lowest BCUT2D eigenvalue weighted by atomic mass is 9.86. The molecule has 0 rings (SSSR count). The molecule has 18 heavy (non-hydrogen) atoms. The molecule has 0 aliphatic carbocycles. The molecule has 0 aromatic carbocycles. The summed E-state index contributed by atoms with van der Waals surface area (Å²) < 4.78 is 23.0. The van der Waals surface area contributed by atoms with E-state index in [0.717, 1.165) is 0 Å². The van der Waals surface area contributed by atoms with Crippen molar-refractivity contribution >= 4 is 7.60 Å². The van der Waals surface area contributed by atoms with Gasteiger partial charge in [0, 0.05) is 20.3 Å². The van der Waals surface area contributed by atoms with Crippen LogP contribution in [-0.4, -0.2) is 26.0 Å². The van der Waals surface area contributed by atoms with E-state index in [2.05, 4.69) is 33.0 Å². The van der Waals surface area contributed by atoms with Crippen molar-refractivity contribution in [3.05, 3.63) is 0 Å². The van der Waals surface area contributed by atoms with E-state index in [-0.39, 0.29) is 22.7 Å². The topological polar surface area (TPSA) is 47.6 Å². The molecule has 0 bridgehead atoms. The van der Waals surface area contributed by atoms with Gasteiger partial charge in [0.25, 0.3) is 0 Å². The zero-order valence-electron chi connectivity index (χ0n) is 13.3. The van der Waals surface area contributed by atoms with Crippen LogP contribution in [0.2, 0.25) is 0 Å². The van der Waals surface area contributed by atoms with Gasteiger partial charge in [0.2, 0.25) is 0 Å². The second-order valence-electron chi connectivity index (χ2n) is 6.93. The molecule has 0 aliphatic rings. The minimum atomic E-state index is -3.15. The third kappa shape index (κ3) is 4.65. The number of hydrogen-bond acceptors (Lipinski definition) is 4. The normalized spacial score (nSPS) is 17.6. The molecule has 5 heteroatoms. The van der Waals surface area contributed by atoms with Crippen LogP contribution in [0.4, 0.5) is 0 Å². The minimum absolute atomic E-state index is 0.0792. The summed E-state index contributed by atoms with van der Waals surface area (Å²) in [5.41, 5.74) is -0.142. The van der Waals surface area contributed by atoms with Gasteiger partial charge < -0.3 is 14.4 Å². The SMILES string of the molecule is COP(=O)(OC)[C@H](N[C@@H](C)C(C)(C)C)C(C)(C)C. The van der Waals surface area contributed by atoms with Crippen LogP contribution in [0.25, 0.3) is 0 Å². The number of rotatable bonds is 5. The van der Waals surface area contributed by atoms with Crippen LogP contribution in [0.1, 0.15) is 48.5 Å². The Labute approximate surface area is 112 Å². The van der Waals surface area contributed by atoms with Crippen LogP contribution in [0, 0.1) is 10.8 Å². The first-order chi connectivity index (χ1) is 7.88. The number of nitrogens with one attached hydrogen (secondary N) is 1. The highest BCUT2D eigenvalue weighted by Gasteiger charge is 2.44. The smallest absolute Gasteiger partial charge is 0.311 e. The second-order valence-corrected chi connectivity index (χ2v) is 9.25. The molecular weight excluding hydrogens is 249 g/mol. The Morgan fingerprint density at radius 2 is 1.33 bits per heavy atom. The Kier molecular flexibility index (Phi) is 6.08. The van der Waals surface area contributed by atoms with Crippen LogP contribution >= 0.6 is 7.60 Å². The van der Waals surface area contributed by atoms with Crippen molar-refractivity contribution in [3.63, 3.8) is 0 Å². The maximum atomic E-state index is 12.7. The maximum absolute atomic E-state index is 12.7. The Morgan fingerprint density at radius 3 is 1.56 bits per heavy atom. The highest BCUT2D eigenvalue weighted by Crippen LogP contribution is 2.56. The molecule has 110 valence electrons. The van der Waals surface area contributed by atoms with Gasteiger partial charge in [0.1, 0.15) is 5.78 Å². The van der Waals surface area contributed by atoms with Gasteiger partial charge in [-0.15, -0.1) is 0 Å². The molecule has 0 amide bonds. The van der Waals surface area contributed by atoms with Crippen LogP contribution < -0.4 is 5.32 Å². The van der Waals surface area contributed by atoms with Gasteiger partial charge in [-0.3, -0.25) is 4.57 Å². The molecule has 0 saturated carbocycles. The van der Waals surface area contributed by atoms with Crippen molar-refractivity contribution < 1.29 is 13.6 Å². The Morgan fingerprint density at radius 1 is 0.944 bits per heavy atom. The van der Waals surface area contributed by atoms with E-state index in [1.54, 1.807) is 0 Å². The lowest BCUT2D eigenvalue weighted by Crippen LogP contribution is -2.49. The summed E-state index contributed by atoms with van der Waals surface area (Å²) in [6.07, 6.45) is 0. The maximum Gasteiger partial charge on any atom is 0.347 e. The van der Waals surface area contributed by atoms with E-state index in [0.29, 0.717) is 0 Å². The lowest BCUT2D eigenvalue weighted by Gasteiger charge is -2.40. The van der Waals surface area contributed by atoms with Crippen LogP contribution in [0.5, 0.6) is 0 Å². The highest BCUT2D eigenvalue weighted by molar-refractivity contribution is 7.54. The second kappa shape index (κ2) is 6.04. The summed E-state index contributed by atoms with van der Waals surface area (Å²) in [6.45, 7) is 14.6. The Bertz CT molecular complexity index is 296. The predicted octanol–water partition coefficient (Wildman–Crippen LogP) is 3.87. The molecule has 0 aromatic heterocycles. The van der Waals surface area contributed by atoms with Gasteiger partial charge in [0.15, 0.2) is 0 Å². The molecular formula is C13H30NO3P. The van der Waals surface area contributed by atoms with Crippen molar-refractivity contribution in [2.24, 2.45) is 10.8 Å². The van der Waals surface area contributed by atoms with Crippen molar-refractivity contribution in [1.29, 1.82) is 0 Å². The van der Waals surface area contributed by atoms with E-state index in [9.17, 15) is 4.57 Å². The van der Waals surface area contributed by atoms with Gasteiger partial charge in [-0.2, -0.15) is 0 Å². The number of hydrogen-bond donors (Lipinski definition) is 1. The molecule has 0 aliphatic heterocycles. The third-order valence-electron chi connectivity index (χ3n) is 3.35. The van der Waals surface area contributed by atoms with Crippen molar-refractivity contribution in [2.75, 3.05) is 14.2 Å². The first kappa shape index (κ1) is 18.1. The average molecular weight is 279 g/mol. The third-order valence-corrected chi connectivity index (χ3v) is 5.93. The van der Waals surface area contributed by atoms with Crippen molar-refractivity contribution in [2.45, 2.75) is 60.3 Å². The molecule has 0 radical (unpaired) electrons. The summed E-state index contributed by atoms with van der Waals surface area (Å²) in [5.74, 6) is -0.339. The molecule has 0 heterocycles. The fraction of sp³-hybridized carbons (Fsp3) is 1.00. The molecule has 0 unspecified atom stereocenters. The zero-order chi connectivity index (χ0) is 14.8. The van der Waals surface area contributed by atoms with Crippen molar-refractivity contribution in [3.8, 4) is 0 Å². The van der Waals surface area contributed by atoms with Gasteiger partial charge in [-0.05, 0) is 17.8 Å². The molecule has 0 saturated heterocycles. The van der Waals surface area contributed by atoms with Gasteiger partial charge in [0.05, 0.1) is 0 Å². The average Bonchev–Trinajstić information content (AvgIpc) is 2.21. The molecule has 4 nitrogen and oxygen atoms in total. The molecule has 0 fully saturated rings. The quantitative estimate of drug-likeness (QED) is 0.776. The Hall–Kier alpha value is 0.110. The van der Waals surface area contributed by atoms with Gasteiger partial charge >= 0.3 is 7.60 Å². The van der Waals surface area contributed by atoms with E-state index < -0.39 is 7.60 Å². The van der Waals surface area contributed by atoms with Crippen LogP contribution in [0.3, 0.4) is 0 Å². The van der Waals surface area contributed by atoms with Gasteiger partial charge in [-0.25, -0.2) is 0 Å². The Balaban J connectivity index is 5.24. The monoisotopic (exact) mass is 279 g/mol. The lowest BCUT2D eigenvalue weighted by molar-refractivity contribution is 0.186. The van der Waals surface area contributed by atoms with Crippen LogP contribution in [0.15, 0.2) is 0 Å². The van der Waals surface area contributed by atoms with E-state index in [4.69, 9.17) is 9.05 Å². The summed E-state index contributed by atoms with van der Waals surface area (Å²) in [6, 6.07) is 0.195. The summed E-state index contributed by atoms with van der Waals surface area (Å²) >= 11 is 0. The molecule has 1 N–H and O–H groups in total. The van der Waals surface area contributed by atoms with E-state index >= 15 is 0 Å². The fourth-order valence-electron chi connectivity index (χ4n) is 1.59. The summed E-state index contributed by atoms with van der Waals surface area (Å²) in [5, 5.41) is 3.43. The summed E-state index contributed by atoms with van der Waals surface area (Å²) in [7, 11) is -0.273. The predicted molar refractivity (Wildman–Crippen MR) is 76.9 cm³/mol. The first-order valence-corrected chi connectivity index (χ1v) is 7.97. The highest BCUT2D eigenvalue weighted by atomic mass is 31.2. The molecule has 2 atom stereocenters. The standard InChI is InChI=1S/C13H30NO3P/c1-10(12(2,3)4)14-11(13(5,6)7)18(15,16-8)17-9/h10-11,14H,1-9H3/t10-,11-/m0/s1. The van der Waals surface area contributed by atoms with E-state index in [1.165, 1.54) is 14.2 Å². The van der Waals surface area contributed by atoms with Crippen LogP contribution in [-0.2, 0) is 13.6 Å². The summed E-state index contributed by atoms with van der Waals surface area (Å²) in [4.78, 5) is 0. The molecule has 0 aromatic rings. The molecule has 0 spiro atoms. The first-order valence-electron chi connectivity index (χ1n) is 6.35. The van der Waals surface area contributed by atoms with E-state index in [1.807, 2.05) is 20.8 Å². The zero-order valence-corrected chi connectivity index (χ0v) is 14.2. The van der Waals surface area contributed by atoms with Crippen molar-refractivity contribution in [1.82, 2.24) is 5.32 Å². The van der Waals surface area contributed by atoms with Gasteiger partial charge in [-0.1, -0.05) is 41.5 Å². The minimum Gasteiger partial charge on any atom is -0.311 e. The fourth-order valence-corrected chi connectivity index (χ4v) is 3.51.